The van der Waals surface area contributed by atoms with Gasteiger partial charge in [-0.3, -0.25) is 9.35 Å². The molecule has 0 aliphatic heterocycles. The lowest BCUT2D eigenvalue weighted by atomic mass is 10.1. The molecular weight excluding hydrogens is 222 g/mol. The summed E-state index contributed by atoms with van der Waals surface area (Å²) in [6.45, 7) is 2.89. The normalized spacial score (nSPS) is 14.7. The molecule has 0 aliphatic rings. The van der Waals surface area contributed by atoms with Crippen molar-refractivity contribution in [3.05, 3.63) is 0 Å². The number of carbonyl (C=O) groups excluding carboxylic acids is 1. The first-order valence-electron chi connectivity index (χ1n) is 4.30. The van der Waals surface area contributed by atoms with Crippen LogP contribution in [-0.4, -0.2) is 42.8 Å². The summed E-state index contributed by atoms with van der Waals surface area (Å²) < 4.78 is 29.9. The Labute approximate surface area is 88.9 Å². The van der Waals surface area contributed by atoms with E-state index >= 15 is 0 Å². The maximum atomic E-state index is 11.3. The Balaban J connectivity index is 4.45. The molecule has 0 saturated carbocycles. The Morgan fingerprint density at radius 1 is 1.53 bits per heavy atom. The van der Waals surface area contributed by atoms with Crippen LogP contribution >= 0.6 is 0 Å². The lowest BCUT2D eigenvalue weighted by Crippen LogP contribution is -2.55. The first-order valence-corrected chi connectivity index (χ1v) is 5.91. The van der Waals surface area contributed by atoms with E-state index in [9.17, 15) is 13.2 Å². The molecule has 1 amide bonds. The van der Waals surface area contributed by atoms with Gasteiger partial charge in [-0.2, -0.15) is 8.42 Å². The molecule has 0 rings (SSSR count). The van der Waals surface area contributed by atoms with E-state index in [0.717, 1.165) is 0 Å². The second kappa shape index (κ2) is 4.88. The van der Waals surface area contributed by atoms with E-state index in [1.165, 1.54) is 13.8 Å². The second-order valence-corrected chi connectivity index (χ2v) is 5.39. The average molecular weight is 239 g/mol. The fraction of sp³-hybridized carbons (Fsp3) is 0.857. The molecule has 0 heterocycles. The van der Waals surface area contributed by atoms with Gasteiger partial charge in [0.1, 0.15) is 0 Å². The molecule has 8 heteroatoms. The van der Waals surface area contributed by atoms with Gasteiger partial charge in [0.25, 0.3) is 10.1 Å². The van der Waals surface area contributed by atoms with Crippen LogP contribution in [-0.2, 0) is 14.9 Å². The van der Waals surface area contributed by atoms with Gasteiger partial charge in [0, 0.05) is 6.54 Å². The first kappa shape index (κ1) is 14.3. The number of carbonyl (C=O) groups is 1. The largest absolute Gasteiger partial charge is 0.349 e. The third-order valence-corrected chi connectivity index (χ3v) is 2.68. The molecule has 0 spiro atoms. The molecule has 0 aromatic carbocycles. The Bertz CT molecular complexity index is 325. The highest BCUT2D eigenvalue weighted by atomic mass is 32.2. The molecule has 0 aromatic heterocycles. The van der Waals surface area contributed by atoms with Gasteiger partial charge in [-0.1, -0.05) is 0 Å². The van der Waals surface area contributed by atoms with Gasteiger partial charge in [-0.25, -0.2) is 0 Å². The Hall–Kier alpha value is -0.700. The van der Waals surface area contributed by atoms with Crippen molar-refractivity contribution in [1.29, 1.82) is 0 Å². The summed E-state index contributed by atoms with van der Waals surface area (Å²) in [5.41, 5.74) is 9.42. The summed E-state index contributed by atoms with van der Waals surface area (Å²) in [6.07, 6.45) is 0. The molecule has 90 valence electrons. The maximum absolute atomic E-state index is 11.3. The SMILES string of the molecule is CC(C)(CS(=O)(=O)O)NC(=O)C(N)CN. The zero-order valence-corrected chi connectivity index (χ0v) is 9.54. The van der Waals surface area contributed by atoms with Crippen LogP contribution in [0.4, 0.5) is 0 Å². The van der Waals surface area contributed by atoms with E-state index < -0.39 is 33.4 Å². The minimum atomic E-state index is -4.15. The van der Waals surface area contributed by atoms with E-state index in [4.69, 9.17) is 16.0 Å². The van der Waals surface area contributed by atoms with Crippen molar-refractivity contribution in [3.63, 3.8) is 0 Å². The predicted molar refractivity (Wildman–Crippen MR) is 55.7 cm³/mol. The molecule has 1 atom stereocenters. The summed E-state index contributed by atoms with van der Waals surface area (Å²) in [5.74, 6) is -1.13. The van der Waals surface area contributed by atoms with Gasteiger partial charge in [0.2, 0.25) is 5.91 Å². The zero-order valence-electron chi connectivity index (χ0n) is 8.73. The minimum absolute atomic E-state index is 0.0339. The molecule has 0 saturated heterocycles. The Kier molecular flexibility index (Phi) is 4.65. The topological polar surface area (TPSA) is 136 Å². The summed E-state index contributed by atoms with van der Waals surface area (Å²) in [7, 11) is -4.15. The van der Waals surface area contributed by atoms with Crippen molar-refractivity contribution >= 4 is 16.0 Å². The number of amides is 1. The van der Waals surface area contributed by atoms with E-state index in [1.807, 2.05) is 0 Å². The van der Waals surface area contributed by atoms with E-state index in [1.54, 1.807) is 0 Å². The highest BCUT2D eigenvalue weighted by Crippen LogP contribution is 2.05. The highest BCUT2D eigenvalue weighted by molar-refractivity contribution is 7.85. The number of nitrogens with one attached hydrogen (secondary N) is 1. The van der Waals surface area contributed by atoms with E-state index in [0.29, 0.717) is 0 Å². The molecule has 0 aliphatic carbocycles. The molecule has 0 fully saturated rings. The number of nitrogens with two attached hydrogens (primary N) is 2. The summed E-state index contributed by atoms with van der Waals surface area (Å²) in [6, 6.07) is -0.884. The van der Waals surface area contributed by atoms with Crippen LogP contribution in [0.1, 0.15) is 13.8 Å². The lowest BCUT2D eigenvalue weighted by Gasteiger charge is -2.26. The van der Waals surface area contributed by atoms with Crippen molar-refractivity contribution in [2.45, 2.75) is 25.4 Å². The fourth-order valence-corrected chi connectivity index (χ4v) is 2.01. The monoisotopic (exact) mass is 239 g/mol. The van der Waals surface area contributed by atoms with Crippen LogP contribution in [0, 0.1) is 0 Å². The van der Waals surface area contributed by atoms with Crippen LogP contribution < -0.4 is 16.8 Å². The predicted octanol–water partition coefficient (Wildman–Crippen LogP) is -1.94. The molecule has 0 bridgehead atoms. The van der Waals surface area contributed by atoms with Crippen molar-refractivity contribution in [3.8, 4) is 0 Å². The molecular formula is C7H17N3O4S. The van der Waals surface area contributed by atoms with Gasteiger partial charge in [-0.05, 0) is 13.8 Å². The molecule has 0 radical (unpaired) electrons. The third-order valence-electron chi connectivity index (χ3n) is 1.60. The van der Waals surface area contributed by atoms with Gasteiger partial charge in [0.15, 0.2) is 0 Å². The summed E-state index contributed by atoms with van der Waals surface area (Å²) >= 11 is 0. The van der Waals surface area contributed by atoms with Crippen LogP contribution in [0.15, 0.2) is 0 Å². The minimum Gasteiger partial charge on any atom is -0.349 e. The molecule has 0 aromatic rings. The Morgan fingerprint density at radius 3 is 2.33 bits per heavy atom. The Morgan fingerprint density at radius 2 is 2.00 bits per heavy atom. The molecule has 6 N–H and O–H groups in total. The quantitative estimate of drug-likeness (QED) is 0.412. The van der Waals surface area contributed by atoms with Crippen LogP contribution in [0.25, 0.3) is 0 Å². The van der Waals surface area contributed by atoms with Gasteiger partial charge >= 0.3 is 0 Å². The highest BCUT2D eigenvalue weighted by Gasteiger charge is 2.28. The van der Waals surface area contributed by atoms with Crippen molar-refractivity contribution in [1.82, 2.24) is 5.32 Å². The smallest absolute Gasteiger partial charge is 0.267 e. The van der Waals surface area contributed by atoms with Crippen LogP contribution in [0.5, 0.6) is 0 Å². The standard InChI is InChI=1S/C7H17N3O4S/c1-7(2,4-15(12,13)14)10-6(11)5(9)3-8/h5H,3-4,8-9H2,1-2H3,(H,10,11)(H,12,13,14). The number of rotatable bonds is 5. The molecule has 7 nitrogen and oxygen atoms in total. The van der Waals surface area contributed by atoms with Crippen molar-refractivity contribution in [2.24, 2.45) is 11.5 Å². The average Bonchev–Trinajstić information content (AvgIpc) is 1.96. The lowest BCUT2D eigenvalue weighted by molar-refractivity contribution is -0.123. The molecule has 1 unspecified atom stereocenters. The zero-order chi connectivity index (χ0) is 12.3. The summed E-state index contributed by atoms with van der Waals surface area (Å²) in [4.78, 5) is 11.3. The van der Waals surface area contributed by atoms with Crippen molar-refractivity contribution < 1.29 is 17.8 Å². The fourth-order valence-electron chi connectivity index (χ4n) is 1.03. The number of hydrogen-bond donors (Lipinski definition) is 4. The maximum Gasteiger partial charge on any atom is 0.267 e. The number of hydrogen-bond acceptors (Lipinski definition) is 5. The third kappa shape index (κ3) is 6.39. The van der Waals surface area contributed by atoms with E-state index in [2.05, 4.69) is 5.32 Å². The van der Waals surface area contributed by atoms with Gasteiger partial charge in [-0.15, -0.1) is 0 Å². The van der Waals surface area contributed by atoms with Crippen LogP contribution in [0.3, 0.4) is 0 Å². The summed E-state index contributed by atoms with van der Waals surface area (Å²) in [5, 5.41) is 2.38. The second-order valence-electron chi connectivity index (χ2n) is 3.94. The van der Waals surface area contributed by atoms with Gasteiger partial charge < -0.3 is 16.8 Å². The first-order chi connectivity index (χ1) is 6.57. The molecule has 15 heavy (non-hydrogen) atoms. The van der Waals surface area contributed by atoms with Gasteiger partial charge in [0.05, 0.1) is 17.3 Å². The van der Waals surface area contributed by atoms with Crippen molar-refractivity contribution in [2.75, 3.05) is 12.3 Å². The van der Waals surface area contributed by atoms with Crippen LogP contribution in [0.2, 0.25) is 0 Å². The van der Waals surface area contributed by atoms with E-state index in [-0.39, 0.29) is 6.54 Å².